The lowest BCUT2D eigenvalue weighted by Crippen LogP contribution is -2.35. The fraction of sp³-hybridized carbons (Fsp3) is 0.588. The zero-order chi connectivity index (χ0) is 14.4. The Kier molecular flexibility index (Phi) is 5.55. The van der Waals surface area contributed by atoms with Crippen molar-refractivity contribution in [3.8, 4) is 6.07 Å². The summed E-state index contributed by atoms with van der Waals surface area (Å²) in [5.41, 5.74) is 1.13. The molecule has 3 atom stereocenters. The van der Waals surface area contributed by atoms with Gasteiger partial charge in [0.1, 0.15) is 5.82 Å². The SMILES string of the molecule is CCCCC(NC1CCCC1C#N)c1ccc(F)cc1. The normalized spacial score (nSPS) is 23.4. The summed E-state index contributed by atoms with van der Waals surface area (Å²) in [5, 5.41) is 12.8. The van der Waals surface area contributed by atoms with Crippen LogP contribution in [0.15, 0.2) is 24.3 Å². The molecule has 3 heteroatoms. The first-order valence-corrected chi connectivity index (χ1v) is 7.65. The second kappa shape index (κ2) is 7.40. The van der Waals surface area contributed by atoms with E-state index in [9.17, 15) is 9.65 Å². The molecule has 0 saturated heterocycles. The highest BCUT2D eigenvalue weighted by Crippen LogP contribution is 2.29. The Morgan fingerprint density at radius 2 is 2.10 bits per heavy atom. The molecule has 0 bridgehead atoms. The van der Waals surface area contributed by atoms with Crippen molar-refractivity contribution in [2.45, 2.75) is 57.5 Å². The molecule has 1 aliphatic carbocycles. The molecule has 1 fully saturated rings. The molecule has 1 aliphatic rings. The molecule has 0 aliphatic heterocycles. The van der Waals surface area contributed by atoms with Gasteiger partial charge in [0.15, 0.2) is 0 Å². The van der Waals surface area contributed by atoms with Gasteiger partial charge < -0.3 is 5.32 Å². The van der Waals surface area contributed by atoms with Crippen molar-refractivity contribution in [3.05, 3.63) is 35.6 Å². The quantitative estimate of drug-likeness (QED) is 0.837. The largest absolute Gasteiger partial charge is 0.306 e. The highest BCUT2D eigenvalue weighted by Gasteiger charge is 2.29. The van der Waals surface area contributed by atoms with E-state index >= 15 is 0 Å². The van der Waals surface area contributed by atoms with Gasteiger partial charge in [0, 0.05) is 12.1 Å². The molecule has 2 rings (SSSR count). The summed E-state index contributed by atoms with van der Waals surface area (Å²) in [5.74, 6) is -0.0710. The number of unbranched alkanes of at least 4 members (excludes halogenated alkanes) is 1. The van der Waals surface area contributed by atoms with Crippen molar-refractivity contribution in [1.82, 2.24) is 5.32 Å². The van der Waals surface area contributed by atoms with Crippen LogP contribution in [0.25, 0.3) is 0 Å². The highest BCUT2D eigenvalue weighted by molar-refractivity contribution is 5.20. The lowest BCUT2D eigenvalue weighted by molar-refractivity contribution is 0.380. The Bertz CT molecular complexity index is 449. The number of nitrogens with zero attached hydrogens (tertiary/aromatic N) is 1. The first-order valence-electron chi connectivity index (χ1n) is 7.65. The maximum atomic E-state index is 13.1. The fourth-order valence-electron chi connectivity index (χ4n) is 3.02. The average Bonchev–Trinajstić information content (AvgIpc) is 2.91. The van der Waals surface area contributed by atoms with Crippen LogP contribution in [-0.4, -0.2) is 6.04 Å². The zero-order valence-electron chi connectivity index (χ0n) is 12.1. The molecule has 0 radical (unpaired) electrons. The molecule has 20 heavy (non-hydrogen) atoms. The fourth-order valence-corrected chi connectivity index (χ4v) is 3.02. The van der Waals surface area contributed by atoms with Crippen LogP contribution in [0.4, 0.5) is 4.39 Å². The van der Waals surface area contributed by atoms with Gasteiger partial charge in [-0.2, -0.15) is 5.26 Å². The minimum absolute atomic E-state index is 0.125. The van der Waals surface area contributed by atoms with Crippen molar-refractivity contribution in [2.24, 2.45) is 5.92 Å². The Hall–Kier alpha value is -1.40. The van der Waals surface area contributed by atoms with Gasteiger partial charge in [-0.25, -0.2) is 4.39 Å². The van der Waals surface area contributed by atoms with Crippen molar-refractivity contribution in [3.63, 3.8) is 0 Å². The number of rotatable bonds is 6. The van der Waals surface area contributed by atoms with Crippen LogP contribution >= 0.6 is 0 Å². The van der Waals surface area contributed by atoms with Crippen LogP contribution in [-0.2, 0) is 0 Å². The van der Waals surface area contributed by atoms with E-state index in [1.54, 1.807) is 0 Å². The van der Waals surface area contributed by atoms with E-state index in [0.717, 1.165) is 44.1 Å². The lowest BCUT2D eigenvalue weighted by Gasteiger charge is -2.25. The summed E-state index contributed by atoms with van der Waals surface area (Å²) in [6.07, 6.45) is 6.52. The minimum atomic E-state index is -0.196. The van der Waals surface area contributed by atoms with Gasteiger partial charge in [0.2, 0.25) is 0 Å². The Labute approximate surface area is 121 Å². The van der Waals surface area contributed by atoms with E-state index in [0.29, 0.717) is 0 Å². The second-order valence-corrected chi connectivity index (χ2v) is 5.69. The number of hydrogen-bond acceptors (Lipinski definition) is 2. The number of hydrogen-bond donors (Lipinski definition) is 1. The summed E-state index contributed by atoms with van der Waals surface area (Å²) in [7, 11) is 0. The van der Waals surface area contributed by atoms with Crippen LogP contribution in [0.5, 0.6) is 0 Å². The van der Waals surface area contributed by atoms with Gasteiger partial charge in [-0.05, 0) is 37.0 Å². The summed E-state index contributed by atoms with van der Waals surface area (Å²) in [6, 6.07) is 9.69. The third-order valence-electron chi connectivity index (χ3n) is 4.22. The lowest BCUT2D eigenvalue weighted by atomic mass is 9.97. The third-order valence-corrected chi connectivity index (χ3v) is 4.22. The molecule has 0 aromatic heterocycles. The predicted molar refractivity (Wildman–Crippen MR) is 78.5 cm³/mol. The Morgan fingerprint density at radius 3 is 2.75 bits per heavy atom. The molecule has 1 aromatic rings. The number of nitriles is 1. The monoisotopic (exact) mass is 274 g/mol. The zero-order valence-corrected chi connectivity index (χ0v) is 12.1. The first-order chi connectivity index (χ1) is 9.74. The summed E-state index contributed by atoms with van der Waals surface area (Å²) >= 11 is 0. The third kappa shape index (κ3) is 3.80. The molecule has 1 saturated carbocycles. The maximum absolute atomic E-state index is 13.1. The van der Waals surface area contributed by atoms with E-state index in [1.165, 1.54) is 12.1 Å². The average molecular weight is 274 g/mol. The molecule has 1 N–H and O–H groups in total. The van der Waals surface area contributed by atoms with Crippen LogP contribution in [0.1, 0.15) is 57.1 Å². The molecule has 0 spiro atoms. The van der Waals surface area contributed by atoms with Crippen LogP contribution in [0.3, 0.4) is 0 Å². The molecular weight excluding hydrogens is 251 g/mol. The Morgan fingerprint density at radius 1 is 1.35 bits per heavy atom. The molecule has 1 aromatic carbocycles. The van der Waals surface area contributed by atoms with Crippen molar-refractivity contribution < 1.29 is 4.39 Å². The van der Waals surface area contributed by atoms with E-state index in [2.05, 4.69) is 18.3 Å². The van der Waals surface area contributed by atoms with Gasteiger partial charge in [-0.1, -0.05) is 38.3 Å². The van der Waals surface area contributed by atoms with Gasteiger partial charge in [-0.3, -0.25) is 0 Å². The molecule has 108 valence electrons. The highest BCUT2D eigenvalue weighted by atomic mass is 19.1. The smallest absolute Gasteiger partial charge is 0.123 e. The van der Waals surface area contributed by atoms with E-state index < -0.39 is 0 Å². The van der Waals surface area contributed by atoms with Gasteiger partial charge in [0.25, 0.3) is 0 Å². The maximum Gasteiger partial charge on any atom is 0.123 e. The summed E-state index contributed by atoms with van der Waals surface area (Å²) < 4.78 is 13.1. The van der Waals surface area contributed by atoms with Gasteiger partial charge in [0.05, 0.1) is 12.0 Å². The van der Waals surface area contributed by atoms with E-state index in [1.807, 2.05) is 12.1 Å². The first kappa shape index (κ1) is 15.0. The number of benzene rings is 1. The molecule has 0 amide bonds. The van der Waals surface area contributed by atoms with Crippen molar-refractivity contribution >= 4 is 0 Å². The molecule has 3 unspecified atom stereocenters. The number of halogens is 1. The summed E-state index contributed by atoms with van der Waals surface area (Å²) in [4.78, 5) is 0. The molecular formula is C17H23FN2. The van der Waals surface area contributed by atoms with Gasteiger partial charge in [-0.15, -0.1) is 0 Å². The van der Waals surface area contributed by atoms with Crippen molar-refractivity contribution in [1.29, 1.82) is 5.26 Å². The van der Waals surface area contributed by atoms with E-state index in [-0.39, 0.29) is 23.8 Å². The summed E-state index contributed by atoms with van der Waals surface area (Å²) in [6.45, 7) is 2.18. The number of nitrogens with one attached hydrogen (secondary N) is 1. The van der Waals surface area contributed by atoms with Crippen LogP contribution in [0.2, 0.25) is 0 Å². The predicted octanol–water partition coefficient (Wildman–Crippen LogP) is 4.34. The van der Waals surface area contributed by atoms with Gasteiger partial charge >= 0.3 is 0 Å². The van der Waals surface area contributed by atoms with Crippen molar-refractivity contribution in [2.75, 3.05) is 0 Å². The molecule has 0 heterocycles. The molecule has 2 nitrogen and oxygen atoms in total. The van der Waals surface area contributed by atoms with E-state index in [4.69, 9.17) is 0 Å². The topological polar surface area (TPSA) is 35.8 Å². The van der Waals surface area contributed by atoms with Crippen LogP contribution < -0.4 is 5.32 Å². The van der Waals surface area contributed by atoms with Crippen LogP contribution in [0, 0.1) is 23.1 Å². The second-order valence-electron chi connectivity index (χ2n) is 5.69. The minimum Gasteiger partial charge on any atom is -0.306 e. The Balaban J connectivity index is 2.07. The standard InChI is InChI=1S/C17H23FN2/c1-2-3-6-16(13-8-10-15(18)11-9-13)20-17-7-4-5-14(17)12-19/h8-11,14,16-17,20H,2-7H2,1H3.